The molecule has 0 radical (unpaired) electrons. The van der Waals surface area contributed by atoms with E-state index >= 15 is 0 Å². The molecule has 1 aromatic rings. The number of ether oxygens (including phenoxy) is 1. The number of aromatic nitrogens is 3. The summed E-state index contributed by atoms with van der Waals surface area (Å²) in [6, 6.07) is 0. The predicted molar refractivity (Wildman–Crippen MR) is 68.1 cm³/mol. The Morgan fingerprint density at radius 3 is 2.55 bits per heavy atom. The van der Waals surface area contributed by atoms with Crippen molar-refractivity contribution in [3.05, 3.63) is 11.9 Å². The average Bonchev–Trinajstić information content (AvgIpc) is 2.71. The van der Waals surface area contributed by atoms with Crippen molar-refractivity contribution < 1.29 is 17.9 Å². The fraction of sp³-hybridized carbons (Fsp3) is 0.833. The van der Waals surface area contributed by atoms with E-state index in [9.17, 15) is 13.2 Å². The zero-order chi connectivity index (χ0) is 15.2. The lowest BCUT2D eigenvalue weighted by Gasteiger charge is -2.19. The van der Waals surface area contributed by atoms with Gasteiger partial charge >= 0.3 is 6.18 Å². The van der Waals surface area contributed by atoms with E-state index in [1.165, 1.54) is 0 Å². The Labute approximate surface area is 116 Å². The van der Waals surface area contributed by atoms with Crippen molar-refractivity contribution in [2.75, 3.05) is 13.2 Å². The summed E-state index contributed by atoms with van der Waals surface area (Å²) in [7, 11) is 0. The largest absolute Gasteiger partial charge is 0.391 e. The second kappa shape index (κ2) is 7.03. The van der Waals surface area contributed by atoms with Crippen LogP contribution in [0.3, 0.4) is 0 Å². The Morgan fingerprint density at radius 2 is 1.95 bits per heavy atom. The first-order valence-electron chi connectivity index (χ1n) is 6.44. The third-order valence-electron chi connectivity index (χ3n) is 2.38. The summed E-state index contributed by atoms with van der Waals surface area (Å²) in [5.74, 6) is 0. The molecule has 0 aliphatic rings. The molecule has 0 atom stereocenters. The first-order chi connectivity index (χ1) is 9.16. The Balaban J connectivity index is 2.20. The van der Waals surface area contributed by atoms with Gasteiger partial charge in [-0.25, -0.2) is 4.68 Å². The number of halogens is 3. The fourth-order valence-electron chi connectivity index (χ4n) is 1.33. The molecule has 0 saturated heterocycles. The van der Waals surface area contributed by atoms with Crippen LogP contribution in [0.2, 0.25) is 0 Å². The molecule has 1 N–H and O–H groups in total. The Morgan fingerprint density at radius 1 is 1.25 bits per heavy atom. The van der Waals surface area contributed by atoms with Crippen molar-refractivity contribution in [1.29, 1.82) is 0 Å². The van der Waals surface area contributed by atoms with Crippen LogP contribution in [0.15, 0.2) is 6.20 Å². The number of alkyl halides is 3. The average molecular weight is 294 g/mol. The van der Waals surface area contributed by atoms with Crippen LogP contribution in [0.5, 0.6) is 0 Å². The van der Waals surface area contributed by atoms with Gasteiger partial charge in [-0.2, -0.15) is 13.2 Å². The summed E-state index contributed by atoms with van der Waals surface area (Å²) in [6.45, 7) is 6.99. The van der Waals surface area contributed by atoms with E-state index in [0.717, 1.165) is 5.69 Å². The highest BCUT2D eigenvalue weighted by Crippen LogP contribution is 2.18. The highest BCUT2D eigenvalue weighted by molar-refractivity contribution is 4.92. The van der Waals surface area contributed by atoms with Crippen LogP contribution in [-0.4, -0.2) is 39.9 Å². The normalized spacial score (nSPS) is 12.9. The van der Waals surface area contributed by atoms with Crippen LogP contribution >= 0.6 is 0 Å². The Kier molecular flexibility index (Phi) is 5.94. The minimum Gasteiger partial charge on any atom is -0.379 e. The minimum atomic E-state index is -4.17. The van der Waals surface area contributed by atoms with Gasteiger partial charge in [-0.05, 0) is 20.8 Å². The standard InChI is InChI=1S/C12H21F3N4O/c1-11(2,3)16-8-10-9-19(18-17-10)5-7-20-6-4-12(13,14)15/h9,16H,4-8H2,1-3H3. The maximum absolute atomic E-state index is 11.9. The van der Waals surface area contributed by atoms with Crippen molar-refractivity contribution in [3.63, 3.8) is 0 Å². The van der Waals surface area contributed by atoms with Crippen LogP contribution < -0.4 is 5.32 Å². The van der Waals surface area contributed by atoms with E-state index in [4.69, 9.17) is 4.74 Å². The summed E-state index contributed by atoms with van der Waals surface area (Å²) in [5.41, 5.74) is 0.778. The molecule has 5 nitrogen and oxygen atoms in total. The molecule has 0 spiro atoms. The third-order valence-corrected chi connectivity index (χ3v) is 2.38. The van der Waals surface area contributed by atoms with E-state index in [-0.39, 0.29) is 18.8 Å². The summed E-state index contributed by atoms with van der Waals surface area (Å²) in [6.07, 6.45) is -3.34. The molecule has 0 saturated carbocycles. The maximum atomic E-state index is 11.9. The van der Waals surface area contributed by atoms with E-state index in [2.05, 4.69) is 15.6 Å². The van der Waals surface area contributed by atoms with Crippen LogP contribution in [0.1, 0.15) is 32.9 Å². The smallest absolute Gasteiger partial charge is 0.379 e. The zero-order valence-electron chi connectivity index (χ0n) is 12.0. The molecule has 116 valence electrons. The van der Waals surface area contributed by atoms with Gasteiger partial charge in [-0.15, -0.1) is 5.10 Å². The van der Waals surface area contributed by atoms with Gasteiger partial charge in [0.05, 0.1) is 31.9 Å². The monoisotopic (exact) mass is 294 g/mol. The summed E-state index contributed by atoms with van der Waals surface area (Å²) in [5, 5.41) is 11.1. The van der Waals surface area contributed by atoms with Gasteiger partial charge in [0.2, 0.25) is 0 Å². The van der Waals surface area contributed by atoms with Crippen LogP contribution in [-0.2, 0) is 17.8 Å². The lowest BCUT2D eigenvalue weighted by Crippen LogP contribution is -2.35. The van der Waals surface area contributed by atoms with E-state index < -0.39 is 12.6 Å². The van der Waals surface area contributed by atoms with Crippen molar-refractivity contribution in [1.82, 2.24) is 20.3 Å². The van der Waals surface area contributed by atoms with Gasteiger partial charge in [-0.3, -0.25) is 0 Å². The molecule has 0 aliphatic carbocycles. The van der Waals surface area contributed by atoms with Crippen molar-refractivity contribution in [2.24, 2.45) is 0 Å². The second-order valence-electron chi connectivity index (χ2n) is 5.55. The molecule has 0 aliphatic heterocycles. The van der Waals surface area contributed by atoms with Gasteiger partial charge < -0.3 is 10.1 Å². The fourth-order valence-corrected chi connectivity index (χ4v) is 1.33. The first-order valence-corrected chi connectivity index (χ1v) is 6.44. The SMILES string of the molecule is CC(C)(C)NCc1cn(CCOCCC(F)(F)F)nn1. The number of hydrogen-bond donors (Lipinski definition) is 1. The minimum absolute atomic E-state index is 0.00944. The lowest BCUT2D eigenvalue weighted by atomic mass is 10.1. The number of nitrogens with zero attached hydrogens (tertiary/aromatic N) is 3. The van der Waals surface area contributed by atoms with Gasteiger partial charge in [0.1, 0.15) is 0 Å². The van der Waals surface area contributed by atoms with E-state index in [1.54, 1.807) is 10.9 Å². The van der Waals surface area contributed by atoms with Gasteiger partial charge in [0, 0.05) is 18.3 Å². The molecule has 0 unspecified atom stereocenters. The molecule has 1 aromatic heterocycles. The van der Waals surface area contributed by atoms with Crippen LogP contribution in [0.25, 0.3) is 0 Å². The molecule has 0 amide bonds. The van der Waals surface area contributed by atoms with Gasteiger partial charge in [0.25, 0.3) is 0 Å². The number of nitrogens with one attached hydrogen (secondary N) is 1. The van der Waals surface area contributed by atoms with Gasteiger partial charge in [0.15, 0.2) is 0 Å². The third kappa shape index (κ3) is 8.11. The molecule has 0 fully saturated rings. The second-order valence-corrected chi connectivity index (χ2v) is 5.55. The molecular formula is C12H21F3N4O. The van der Waals surface area contributed by atoms with Gasteiger partial charge in [-0.1, -0.05) is 5.21 Å². The zero-order valence-corrected chi connectivity index (χ0v) is 12.0. The molecule has 20 heavy (non-hydrogen) atoms. The summed E-state index contributed by atoms with van der Waals surface area (Å²) >= 11 is 0. The number of hydrogen-bond acceptors (Lipinski definition) is 4. The molecule has 8 heteroatoms. The predicted octanol–water partition coefficient (Wildman–Crippen LogP) is 2.14. The highest BCUT2D eigenvalue weighted by Gasteiger charge is 2.26. The van der Waals surface area contributed by atoms with E-state index in [1.807, 2.05) is 20.8 Å². The maximum Gasteiger partial charge on any atom is 0.391 e. The molecule has 1 heterocycles. The van der Waals surface area contributed by atoms with Crippen LogP contribution in [0, 0.1) is 0 Å². The molecule has 0 bridgehead atoms. The molecular weight excluding hydrogens is 273 g/mol. The van der Waals surface area contributed by atoms with Crippen molar-refractivity contribution in [3.8, 4) is 0 Å². The summed E-state index contributed by atoms with van der Waals surface area (Å²) in [4.78, 5) is 0. The van der Waals surface area contributed by atoms with Crippen molar-refractivity contribution >= 4 is 0 Å². The Hall–Kier alpha value is -1.15. The Bertz CT molecular complexity index is 398. The van der Waals surface area contributed by atoms with Crippen molar-refractivity contribution in [2.45, 2.75) is 52.0 Å². The highest BCUT2D eigenvalue weighted by atomic mass is 19.4. The topological polar surface area (TPSA) is 52.0 Å². The van der Waals surface area contributed by atoms with Crippen LogP contribution in [0.4, 0.5) is 13.2 Å². The molecule has 0 aromatic carbocycles. The molecule has 1 rings (SSSR count). The lowest BCUT2D eigenvalue weighted by molar-refractivity contribution is -0.145. The van der Waals surface area contributed by atoms with E-state index in [0.29, 0.717) is 13.1 Å². The number of rotatable bonds is 7. The first kappa shape index (κ1) is 16.9. The quantitative estimate of drug-likeness (QED) is 0.783. The summed E-state index contributed by atoms with van der Waals surface area (Å²) < 4.78 is 42.1.